The second-order valence-electron chi connectivity index (χ2n) is 8.90. The molecule has 1 amide bonds. The highest BCUT2D eigenvalue weighted by Gasteiger charge is 2.47. The zero-order valence-electron chi connectivity index (χ0n) is 18.5. The zero-order chi connectivity index (χ0) is 21.5. The number of hydrogen-bond acceptors (Lipinski definition) is 3. The lowest BCUT2D eigenvalue weighted by Crippen LogP contribution is -2.36. The smallest absolute Gasteiger partial charge is 0.227 e. The average molecular weight is 416 g/mol. The van der Waals surface area contributed by atoms with E-state index < -0.39 is 0 Å². The molecule has 1 aromatic heterocycles. The van der Waals surface area contributed by atoms with E-state index in [4.69, 9.17) is 4.74 Å². The highest BCUT2D eigenvalue weighted by atomic mass is 16.5. The van der Waals surface area contributed by atoms with E-state index in [2.05, 4.69) is 49.4 Å². The molecular formula is C26H29N3O2. The molecule has 2 aromatic carbocycles. The van der Waals surface area contributed by atoms with Crippen molar-refractivity contribution in [3.8, 4) is 16.9 Å². The van der Waals surface area contributed by atoms with Gasteiger partial charge in [-0.05, 0) is 72.9 Å². The number of hydrogen-bond donors (Lipinski definition) is 0. The highest BCUT2D eigenvalue weighted by Crippen LogP contribution is 2.57. The van der Waals surface area contributed by atoms with Gasteiger partial charge in [0.2, 0.25) is 5.91 Å². The summed E-state index contributed by atoms with van der Waals surface area (Å²) >= 11 is 0. The van der Waals surface area contributed by atoms with E-state index in [1.54, 1.807) is 0 Å². The van der Waals surface area contributed by atoms with E-state index in [1.165, 1.54) is 28.7 Å². The van der Waals surface area contributed by atoms with Crippen molar-refractivity contribution >= 4 is 11.6 Å². The largest absolute Gasteiger partial charge is 0.493 e. The van der Waals surface area contributed by atoms with Gasteiger partial charge < -0.3 is 9.64 Å². The van der Waals surface area contributed by atoms with Gasteiger partial charge in [0.1, 0.15) is 5.75 Å². The van der Waals surface area contributed by atoms with Gasteiger partial charge in [-0.15, -0.1) is 0 Å². The van der Waals surface area contributed by atoms with Crippen molar-refractivity contribution < 1.29 is 9.53 Å². The van der Waals surface area contributed by atoms with Crippen molar-refractivity contribution in [3.05, 3.63) is 65.5 Å². The summed E-state index contributed by atoms with van der Waals surface area (Å²) in [6, 6.07) is 12.4. The predicted octanol–water partition coefficient (Wildman–Crippen LogP) is 5.01. The average Bonchev–Trinajstić information content (AvgIpc) is 3.43. The molecule has 1 saturated carbocycles. The van der Waals surface area contributed by atoms with Gasteiger partial charge in [-0.25, -0.2) is 0 Å². The lowest BCUT2D eigenvalue weighted by molar-refractivity contribution is -0.118. The fourth-order valence-corrected chi connectivity index (χ4v) is 4.78. The van der Waals surface area contributed by atoms with E-state index in [0.717, 1.165) is 23.5 Å². The molecule has 160 valence electrons. The van der Waals surface area contributed by atoms with Gasteiger partial charge in [-0.1, -0.05) is 24.3 Å². The van der Waals surface area contributed by atoms with Crippen LogP contribution in [-0.2, 0) is 11.8 Å². The molecule has 1 aliphatic carbocycles. The summed E-state index contributed by atoms with van der Waals surface area (Å²) in [6.07, 6.45) is 6.35. The molecule has 0 saturated heterocycles. The van der Waals surface area contributed by atoms with E-state index in [-0.39, 0.29) is 5.91 Å². The van der Waals surface area contributed by atoms with Gasteiger partial charge in [0, 0.05) is 37.5 Å². The van der Waals surface area contributed by atoms with Crippen molar-refractivity contribution in [2.75, 3.05) is 18.1 Å². The monoisotopic (exact) mass is 415 g/mol. The summed E-state index contributed by atoms with van der Waals surface area (Å²) in [5.74, 6) is 2.26. The SMILES string of the molecule is Cc1cccc(OCCCC(=O)N2C[C@H]3CC3c3c(-c4cnn(C)c4)cccc32)c1C. The number of ether oxygens (including phenoxy) is 1. The number of anilines is 1. The molecule has 5 nitrogen and oxygen atoms in total. The number of aryl methyl sites for hydroxylation is 2. The molecule has 2 heterocycles. The van der Waals surface area contributed by atoms with Gasteiger partial charge in [-0.3, -0.25) is 9.48 Å². The first kappa shape index (κ1) is 19.9. The van der Waals surface area contributed by atoms with Crippen molar-refractivity contribution in [2.24, 2.45) is 13.0 Å². The number of carbonyl (C=O) groups excluding carboxylic acids is 1. The van der Waals surface area contributed by atoms with E-state index >= 15 is 0 Å². The van der Waals surface area contributed by atoms with Crippen LogP contribution in [0.3, 0.4) is 0 Å². The van der Waals surface area contributed by atoms with Crippen molar-refractivity contribution in [1.29, 1.82) is 0 Å². The minimum Gasteiger partial charge on any atom is -0.493 e. The van der Waals surface area contributed by atoms with Crippen LogP contribution < -0.4 is 9.64 Å². The third-order valence-electron chi connectivity index (χ3n) is 6.75. The first-order chi connectivity index (χ1) is 15.0. The molecule has 2 atom stereocenters. The van der Waals surface area contributed by atoms with E-state index in [9.17, 15) is 4.79 Å². The molecule has 0 spiro atoms. The number of amides is 1. The Kier molecular flexibility index (Phi) is 5.05. The summed E-state index contributed by atoms with van der Waals surface area (Å²) < 4.78 is 7.79. The summed E-state index contributed by atoms with van der Waals surface area (Å²) in [5, 5.41) is 4.34. The summed E-state index contributed by atoms with van der Waals surface area (Å²) in [7, 11) is 1.94. The first-order valence-electron chi connectivity index (χ1n) is 11.1. The Labute approximate surface area is 183 Å². The second-order valence-corrected chi connectivity index (χ2v) is 8.90. The molecule has 1 fully saturated rings. The second kappa shape index (κ2) is 7.88. The minimum absolute atomic E-state index is 0.194. The fourth-order valence-electron chi connectivity index (χ4n) is 4.78. The first-order valence-corrected chi connectivity index (χ1v) is 11.1. The molecule has 2 aliphatic rings. The number of fused-ring (bicyclic) bond motifs is 3. The van der Waals surface area contributed by atoms with E-state index in [1.807, 2.05) is 35.0 Å². The van der Waals surface area contributed by atoms with Crippen LogP contribution in [0.25, 0.3) is 11.1 Å². The minimum atomic E-state index is 0.194. The van der Waals surface area contributed by atoms with Crippen LogP contribution in [0, 0.1) is 19.8 Å². The molecule has 5 rings (SSSR count). The van der Waals surface area contributed by atoms with Crippen LogP contribution >= 0.6 is 0 Å². The molecule has 31 heavy (non-hydrogen) atoms. The van der Waals surface area contributed by atoms with Gasteiger partial charge in [0.15, 0.2) is 0 Å². The molecule has 0 radical (unpaired) electrons. The molecular weight excluding hydrogens is 386 g/mol. The third-order valence-corrected chi connectivity index (χ3v) is 6.75. The Morgan fingerprint density at radius 2 is 2.03 bits per heavy atom. The summed E-state index contributed by atoms with van der Waals surface area (Å²) in [4.78, 5) is 15.2. The lowest BCUT2D eigenvalue weighted by Gasteiger charge is -2.30. The van der Waals surface area contributed by atoms with E-state index in [0.29, 0.717) is 31.3 Å². The molecule has 0 bridgehead atoms. The zero-order valence-corrected chi connectivity index (χ0v) is 18.5. The quantitative estimate of drug-likeness (QED) is 0.532. The Bertz CT molecular complexity index is 1130. The van der Waals surface area contributed by atoms with Crippen LogP contribution in [-0.4, -0.2) is 28.8 Å². The molecule has 0 N–H and O–H groups in total. The Morgan fingerprint density at radius 3 is 2.84 bits per heavy atom. The predicted molar refractivity (Wildman–Crippen MR) is 122 cm³/mol. The van der Waals surface area contributed by atoms with Crippen molar-refractivity contribution in [3.63, 3.8) is 0 Å². The number of rotatable bonds is 6. The van der Waals surface area contributed by atoms with Gasteiger partial charge in [-0.2, -0.15) is 5.10 Å². The normalized spacial score (nSPS) is 19.0. The standard InChI is InChI=1S/C26H29N3O2/c1-17-7-4-10-24(18(17)2)31-12-6-11-25(30)29-16-19-13-22(19)26-21(8-5-9-23(26)29)20-14-27-28(3)15-20/h4-5,7-10,14-15,19,22H,6,11-13,16H2,1-3H3/t19-,22?/m1/s1. The maximum absolute atomic E-state index is 13.2. The summed E-state index contributed by atoms with van der Waals surface area (Å²) in [6.45, 7) is 5.56. The molecule has 5 heteroatoms. The molecule has 3 aromatic rings. The highest BCUT2D eigenvalue weighted by molar-refractivity contribution is 5.96. The molecule has 1 aliphatic heterocycles. The maximum atomic E-state index is 13.2. The number of nitrogens with zero attached hydrogens (tertiary/aromatic N) is 3. The van der Waals surface area contributed by atoms with Crippen LogP contribution in [0.1, 0.15) is 41.9 Å². The van der Waals surface area contributed by atoms with Crippen molar-refractivity contribution in [1.82, 2.24) is 9.78 Å². The lowest BCUT2D eigenvalue weighted by atomic mass is 9.92. The van der Waals surface area contributed by atoms with Gasteiger partial charge >= 0.3 is 0 Å². The number of carbonyl (C=O) groups is 1. The fraction of sp³-hybridized carbons (Fsp3) is 0.385. The summed E-state index contributed by atoms with van der Waals surface area (Å²) in [5.41, 5.74) is 7.14. The Hall–Kier alpha value is -3.08. The molecule has 1 unspecified atom stereocenters. The Morgan fingerprint density at radius 1 is 1.19 bits per heavy atom. The van der Waals surface area contributed by atoms with Crippen LogP contribution in [0.4, 0.5) is 5.69 Å². The number of benzene rings is 2. The maximum Gasteiger partial charge on any atom is 0.227 e. The van der Waals surface area contributed by atoms with Crippen LogP contribution in [0.2, 0.25) is 0 Å². The van der Waals surface area contributed by atoms with Gasteiger partial charge in [0.05, 0.1) is 12.8 Å². The topological polar surface area (TPSA) is 47.4 Å². The third kappa shape index (κ3) is 3.73. The van der Waals surface area contributed by atoms with Gasteiger partial charge in [0.25, 0.3) is 0 Å². The van der Waals surface area contributed by atoms with Crippen LogP contribution in [0.15, 0.2) is 48.8 Å². The number of aromatic nitrogens is 2. The Balaban J connectivity index is 1.29. The van der Waals surface area contributed by atoms with Crippen LogP contribution in [0.5, 0.6) is 5.75 Å². The van der Waals surface area contributed by atoms with Crippen molar-refractivity contribution in [2.45, 2.75) is 39.0 Å².